The normalized spacial score (nSPS) is 18.3. The Kier molecular flexibility index (Phi) is 8.51. The number of benzene rings is 3. The number of halogens is 1. The Hall–Kier alpha value is -2.25. The van der Waals surface area contributed by atoms with Crippen LogP contribution in [0, 0.1) is 5.92 Å². The summed E-state index contributed by atoms with van der Waals surface area (Å²) in [4.78, 5) is 0. The first-order valence-corrected chi connectivity index (χ1v) is 13.2. The molecule has 0 atom stereocenters. The lowest BCUT2D eigenvalue weighted by atomic mass is 9.77. The number of rotatable bonds is 9. The molecule has 1 saturated carbocycles. The Bertz CT molecular complexity index is 998. The van der Waals surface area contributed by atoms with Crippen LogP contribution >= 0.6 is 11.6 Å². The standard InChI is InChI=1S/C31H37ClO/c1-3-5-6-7-23-8-10-24(11-9-23)25-12-14-26(15-13-25)28-18-21-30(31(32)22-28)27-16-19-29(20-17-27)33-4-2/h12-24H,3-11H2,1-2H3. The van der Waals surface area contributed by atoms with Crippen LogP contribution in [0.4, 0.5) is 0 Å². The number of ether oxygens (including phenoxy) is 1. The minimum absolute atomic E-state index is 0.675. The second kappa shape index (κ2) is 11.7. The van der Waals surface area contributed by atoms with Crippen molar-refractivity contribution in [2.75, 3.05) is 6.61 Å². The molecule has 0 spiro atoms. The van der Waals surface area contributed by atoms with Crippen LogP contribution in [0.5, 0.6) is 5.75 Å². The molecule has 0 aliphatic heterocycles. The largest absolute Gasteiger partial charge is 0.494 e. The van der Waals surface area contributed by atoms with Crippen molar-refractivity contribution in [2.24, 2.45) is 5.92 Å². The predicted octanol–water partition coefficient (Wildman–Crippen LogP) is 9.93. The third-order valence-corrected chi connectivity index (χ3v) is 7.54. The van der Waals surface area contributed by atoms with E-state index in [0.717, 1.165) is 33.7 Å². The molecule has 0 heterocycles. The van der Waals surface area contributed by atoms with Crippen molar-refractivity contribution < 1.29 is 4.74 Å². The highest BCUT2D eigenvalue weighted by atomic mass is 35.5. The third-order valence-electron chi connectivity index (χ3n) is 7.22. The van der Waals surface area contributed by atoms with Gasteiger partial charge in [-0.3, -0.25) is 0 Å². The lowest BCUT2D eigenvalue weighted by Gasteiger charge is -2.29. The molecule has 0 N–H and O–H groups in total. The molecule has 0 saturated heterocycles. The second-order valence-corrected chi connectivity index (χ2v) is 9.89. The molecular formula is C31H37ClO. The van der Waals surface area contributed by atoms with Crippen LogP contribution in [0.3, 0.4) is 0 Å². The zero-order valence-electron chi connectivity index (χ0n) is 20.2. The maximum Gasteiger partial charge on any atom is 0.119 e. The Morgan fingerprint density at radius 2 is 1.42 bits per heavy atom. The van der Waals surface area contributed by atoms with E-state index in [0.29, 0.717) is 6.61 Å². The van der Waals surface area contributed by atoms with Gasteiger partial charge in [-0.1, -0.05) is 92.7 Å². The monoisotopic (exact) mass is 460 g/mol. The minimum atomic E-state index is 0.675. The van der Waals surface area contributed by atoms with Gasteiger partial charge in [0, 0.05) is 10.6 Å². The van der Waals surface area contributed by atoms with Gasteiger partial charge in [0.15, 0.2) is 0 Å². The molecule has 174 valence electrons. The van der Waals surface area contributed by atoms with Crippen LogP contribution in [0.15, 0.2) is 66.7 Å². The molecule has 0 unspecified atom stereocenters. The molecule has 1 fully saturated rings. The van der Waals surface area contributed by atoms with E-state index in [4.69, 9.17) is 16.3 Å². The SMILES string of the molecule is CCCCCC1CCC(c2ccc(-c3ccc(-c4ccc(OCC)cc4)c(Cl)c3)cc2)CC1. The van der Waals surface area contributed by atoms with Crippen molar-refractivity contribution in [1.29, 1.82) is 0 Å². The molecule has 3 aromatic rings. The molecule has 2 heteroatoms. The maximum atomic E-state index is 6.70. The summed E-state index contributed by atoms with van der Waals surface area (Å²) in [6.07, 6.45) is 11.1. The van der Waals surface area contributed by atoms with Crippen molar-refractivity contribution >= 4 is 11.6 Å². The van der Waals surface area contributed by atoms with Gasteiger partial charge in [-0.25, -0.2) is 0 Å². The minimum Gasteiger partial charge on any atom is -0.494 e. The van der Waals surface area contributed by atoms with E-state index in [1.54, 1.807) is 0 Å². The fraction of sp³-hybridized carbons (Fsp3) is 0.419. The Labute approximate surface area is 205 Å². The average Bonchev–Trinajstić information content (AvgIpc) is 2.86. The van der Waals surface area contributed by atoms with E-state index in [-0.39, 0.29) is 0 Å². The summed E-state index contributed by atoms with van der Waals surface area (Å²) in [5.41, 5.74) is 6.06. The molecular weight excluding hydrogens is 424 g/mol. The molecule has 0 amide bonds. The van der Waals surface area contributed by atoms with E-state index in [2.05, 4.69) is 61.5 Å². The molecule has 1 aliphatic carbocycles. The van der Waals surface area contributed by atoms with Crippen molar-refractivity contribution in [1.82, 2.24) is 0 Å². The third kappa shape index (κ3) is 6.21. The first kappa shape index (κ1) is 23.9. The highest BCUT2D eigenvalue weighted by Crippen LogP contribution is 2.39. The van der Waals surface area contributed by atoms with Gasteiger partial charge in [-0.05, 0) is 84.9 Å². The van der Waals surface area contributed by atoms with Gasteiger partial charge >= 0.3 is 0 Å². The van der Waals surface area contributed by atoms with Crippen molar-refractivity contribution in [2.45, 2.75) is 71.1 Å². The van der Waals surface area contributed by atoms with Gasteiger partial charge in [0.05, 0.1) is 6.61 Å². The lowest BCUT2D eigenvalue weighted by Crippen LogP contribution is -2.13. The smallest absolute Gasteiger partial charge is 0.119 e. The molecule has 1 nitrogen and oxygen atoms in total. The Morgan fingerprint density at radius 3 is 2.06 bits per heavy atom. The van der Waals surface area contributed by atoms with Crippen LogP contribution in [-0.2, 0) is 0 Å². The van der Waals surface area contributed by atoms with E-state index in [1.165, 1.54) is 68.1 Å². The van der Waals surface area contributed by atoms with Gasteiger partial charge in [0.2, 0.25) is 0 Å². The molecule has 3 aromatic carbocycles. The van der Waals surface area contributed by atoms with Crippen LogP contribution in [-0.4, -0.2) is 6.61 Å². The average molecular weight is 461 g/mol. The van der Waals surface area contributed by atoms with Crippen molar-refractivity contribution in [3.63, 3.8) is 0 Å². The highest BCUT2D eigenvalue weighted by Gasteiger charge is 2.22. The summed E-state index contributed by atoms with van der Waals surface area (Å²) in [6, 6.07) is 23.7. The first-order valence-electron chi connectivity index (χ1n) is 12.8. The van der Waals surface area contributed by atoms with E-state index in [9.17, 15) is 0 Å². The first-order chi connectivity index (χ1) is 16.2. The van der Waals surface area contributed by atoms with Crippen LogP contribution in [0.2, 0.25) is 5.02 Å². The van der Waals surface area contributed by atoms with Crippen LogP contribution in [0.25, 0.3) is 22.3 Å². The zero-order chi connectivity index (χ0) is 23.0. The summed E-state index contributed by atoms with van der Waals surface area (Å²) in [5, 5.41) is 0.780. The number of hydrogen-bond acceptors (Lipinski definition) is 1. The summed E-state index contributed by atoms with van der Waals surface area (Å²) < 4.78 is 5.55. The van der Waals surface area contributed by atoms with Gasteiger partial charge < -0.3 is 4.74 Å². The quantitative estimate of drug-likeness (QED) is 0.288. The topological polar surface area (TPSA) is 9.23 Å². The lowest BCUT2D eigenvalue weighted by molar-refractivity contribution is 0.303. The van der Waals surface area contributed by atoms with Crippen LogP contribution in [0.1, 0.15) is 76.7 Å². The molecule has 1 aliphatic rings. The predicted molar refractivity (Wildman–Crippen MR) is 142 cm³/mol. The van der Waals surface area contributed by atoms with Gasteiger partial charge in [-0.2, -0.15) is 0 Å². The summed E-state index contributed by atoms with van der Waals surface area (Å²) in [5.74, 6) is 2.58. The molecule has 4 rings (SSSR count). The van der Waals surface area contributed by atoms with E-state index >= 15 is 0 Å². The Morgan fingerprint density at radius 1 is 0.758 bits per heavy atom. The fourth-order valence-corrected chi connectivity index (χ4v) is 5.53. The van der Waals surface area contributed by atoms with E-state index < -0.39 is 0 Å². The number of unbranched alkanes of at least 4 members (excludes halogenated alkanes) is 2. The fourth-order valence-electron chi connectivity index (χ4n) is 5.24. The van der Waals surface area contributed by atoms with Gasteiger partial charge in [0.25, 0.3) is 0 Å². The van der Waals surface area contributed by atoms with Crippen LogP contribution < -0.4 is 4.74 Å². The van der Waals surface area contributed by atoms with Gasteiger partial charge in [0.1, 0.15) is 5.75 Å². The molecule has 0 aromatic heterocycles. The van der Waals surface area contributed by atoms with Crippen molar-refractivity contribution in [3.8, 4) is 28.0 Å². The molecule has 0 bridgehead atoms. The Balaban J connectivity index is 1.39. The zero-order valence-corrected chi connectivity index (χ0v) is 20.9. The van der Waals surface area contributed by atoms with E-state index in [1.807, 2.05) is 19.1 Å². The highest BCUT2D eigenvalue weighted by molar-refractivity contribution is 6.33. The summed E-state index contributed by atoms with van der Waals surface area (Å²) >= 11 is 6.70. The molecule has 33 heavy (non-hydrogen) atoms. The summed E-state index contributed by atoms with van der Waals surface area (Å²) in [7, 11) is 0. The van der Waals surface area contributed by atoms with Gasteiger partial charge in [-0.15, -0.1) is 0 Å². The van der Waals surface area contributed by atoms with Crippen molar-refractivity contribution in [3.05, 3.63) is 77.3 Å². The summed E-state index contributed by atoms with van der Waals surface area (Å²) in [6.45, 7) is 4.97. The maximum absolute atomic E-state index is 6.70. The molecule has 0 radical (unpaired) electrons. The second-order valence-electron chi connectivity index (χ2n) is 9.49. The number of hydrogen-bond donors (Lipinski definition) is 0.